The molecule has 0 aliphatic carbocycles. The number of rotatable bonds is 2. The van der Waals surface area contributed by atoms with Gasteiger partial charge in [-0.3, -0.25) is 4.79 Å². The van der Waals surface area contributed by atoms with Gasteiger partial charge >= 0.3 is 0 Å². The van der Waals surface area contributed by atoms with E-state index in [4.69, 9.17) is 16.3 Å². The Bertz CT molecular complexity index is 686. The van der Waals surface area contributed by atoms with Crippen LogP contribution in [0.25, 0.3) is 5.69 Å². The number of ether oxygens (including phenoxy) is 1. The average molecular weight is 320 g/mol. The highest BCUT2D eigenvalue weighted by Gasteiger charge is 2.29. The Balaban J connectivity index is 1.84. The Morgan fingerprint density at radius 2 is 2.09 bits per heavy atom. The number of carbonyl (C=O) groups excluding carboxylic acids is 1. The summed E-state index contributed by atoms with van der Waals surface area (Å²) in [6, 6.07) is 9.18. The Labute approximate surface area is 134 Å². The van der Waals surface area contributed by atoms with Crippen LogP contribution in [0.2, 0.25) is 5.02 Å². The molecule has 1 saturated heterocycles. The quantitative estimate of drug-likeness (QED) is 0.855. The molecule has 0 spiro atoms. The van der Waals surface area contributed by atoms with Gasteiger partial charge in [-0.15, -0.1) is 0 Å². The number of morpholine rings is 1. The minimum atomic E-state index is -0.0755. The van der Waals surface area contributed by atoms with Crippen molar-refractivity contribution in [2.45, 2.75) is 26.0 Å². The van der Waals surface area contributed by atoms with Crippen LogP contribution >= 0.6 is 11.6 Å². The topological polar surface area (TPSA) is 47.4 Å². The van der Waals surface area contributed by atoms with E-state index in [1.165, 1.54) is 0 Å². The SMILES string of the molecule is C[C@H]1CN(C(=O)c2ccn(-c3ccccc3Cl)n2)[C@@H](C)CO1. The van der Waals surface area contributed by atoms with Crippen LogP contribution in [-0.2, 0) is 4.74 Å². The summed E-state index contributed by atoms with van der Waals surface area (Å²) in [6.07, 6.45) is 1.80. The smallest absolute Gasteiger partial charge is 0.274 e. The summed E-state index contributed by atoms with van der Waals surface area (Å²) in [5.41, 5.74) is 1.17. The number of halogens is 1. The highest BCUT2D eigenvalue weighted by atomic mass is 35.5. The number of carbonyl (C=O) groups is 1. The second-order valence-corrected chi connectivity index (χ2v) is 5.95. The molecule has 1 amide bonds. The normalized spacial score (nSPS) is 21.9. The molecule has 1 aromatic heterocycles. The summed E-state index contributed by atoms with van der Waals surface area (Å²) in [6.45, 7) is 5.08. The molecule has 0 radical (unpaired) electrons. The molecule has 5 nitrogen and oxygen atoms in total. The first-order valence-corrected chi connectivity index (χ1v) is 7.67. The van der Waals surface area contributed by atoms with Crippen LogP contribution in [0.15, 0.2) is 36.5 Å². The Hall–Kier alpha value is -1.85. The maximum Gasteiger partial charge on any atom is 0.274 e. The zero-order valence-corrected chi connectivity index (χ0v) is 13.3. The fourth-order valence-electron chi connectivity index (χ4n) is 2.54. The van der Waals surface area contributed by atoms with Gasteiger partial charge in [-0.1, -0.05) is 23.7 Å². The monoisotopic (exact) mass is 319 g/mol. The average Bonchev–Trinajstić information content (AvgIpc) is 2.99. The molecule has 0 unspecified atom stereocenters. The molecule has 1 fully saturated rings. The first kappa shape index (κ1) is 15.1. The number of hydrogen-bond donors (Lipinski definition) is 0. The first-order chi connectivity index (χ1) is 10.6. The lowest BCUT2D eigenvalue weighted by Gasteiger charge is -2.36. The molecule has 22 heavy (non-hydrogen) atoms. The molecule has 1 aromatic carbocycles. The maximum atomic E-state index is 12.6. The molecule has 2 atom stereocenters. The van der Waals surface area contributed by atoms with Crippen molar-refractivity contribution in [2.75, 3.05) is 13.2 Å². The predicted molar refractivity (Wildman–Crippen MR) is 84.5 cm³/mol. The lowest BCUT2D eigenvalue weighted by Crippen LogP contribution is -2.50. The summed E-state index contributed by atoms with van der Waals surface area (Å²) in [5.74, 6) is -0.0755. The van der Waals surface area contributed by atoms with Gasteiger partial charge in [-0.25, -0.2) is 4.68 Å². The minimum Gasteiger partial charge on any atom is -0.375 e. The number of nitrogens with zero attached hydrogens (tertiary/aromatic N) is 3. The number of para-hydroxylation sites is 1. The molecular formula is C16H18ClN3O2. The highest BCUT2D eigenvalue weighted by molar-refractivity contribution is 6.32. The van der Waals surface area contributed by atoms with Crippen molar-refractivity contribution in [3.8, 4) is 5.69 Å². The molecule has 2 heterocycles. The van der Waals surface area contributed by atoms with Gasteiger partial charge in [0.15, 0.2) is 5.69 Å². The van der Waals surface area contributed by atoms with Gasteiger partial charge in [-0.05, 0) is 32.0 Å². The third kappa shape index (κ3) is 2.87. The second-order valence-electron chi connectivity index (χ2n) is 5.55. The van der Waals surface area contributed by atoms with Crippen molar-refractivity contribution < 1.29 is 9.53 Å². The highest BCUT2D eigenvalue weighted by Crippen LogP contribution is 2.20. The van der Waals surface area contributed by atoms with Gasteiger partial charge in [0.1, 0.15) is 0 Å². The molecule has 1 aliphatic rings. The van der Waals surface area contributed by atoms with Crippen molar-refractivity contribution in [1.82, 2.24) is 14.7 Å². The lowest BCUT2D eigenvalue weighted by molar-refractivity contribution is -0.0389. The van der Waals surface area contributed by atoms with E-state index in [0.717, 1.165) is 5.69 Å². The molecule has 116 valence electrons. The fourth-order valence-corrected chi connectivity index (χ4v) is 2.77. The minimum absolute atomic E-state index is 0.0470. The van der Waals surface area contributed by atoms with Gasteiger partial charge in [0.05, 0.1) is 29.5 Å². The number of hydrogen-bond acceptors (Lipinski definition) is 3. The van der Waals surface area contributed by atoms with Crippen molar-refractivity contribution in [1.29, 1.82) is 0 Å². The van der Waals surface area contributed by atoms with Gasteiger partial charge < -0.3 is 9.64 Å². The summed E-state index contributed by atoms with van der Waals surface area (Å²) >= 11 is 6.17. The lowest BCUT2D eigenvalue weighted by atomic mass is 10.2. The third-order valence-electron chi connectivity index (χ3n) is 3.78. The van der Waals surface area contributed by atoms with E-state index in [-0.39, 0.29) is 18.1 Å². The van der Waals surface area contributed by atoms with Crippen LogP contribution in [0.3, 0.4) is 0 Å². The van der Waals surface area contributed by atoms with E-state index < -0.39 is 0 Å². The molecule has 0 bridgehead atoms. The number of benzene rings is 1. The van der Waals surface area contributed by atoms with Crippen LogP contribution in [0.5, 0.6) is 0 Å². The fraction of sp³-hybridized carbons (Fsp3) is 0.375. The largest absolute Gasteiger partial charge is 0.375 e. The van der Waals surface area contributed by atoms with Crippen LogP contribution in [0.1, 0.15) is 24.3 Å². The predicted octanol–water partition coefficient (Wildman–Crippen LogP) is 2.78. The van der Waals surface area contributed by atoms with Crippen molar-refractivity contribution in [3.05, 3.63) is 47.2 Å². The van der Waals surface area contributed by atoms with Gasteiger partial charge in [0, 0.05) is 12.7 Å². The number of aromatic nitrogens is 2. The van der Waals surface area contributed by atoms with E-state index in [1.807, 2.05) is 36.9 Å². The standard InChI is InChI=1S/C16H18ClN3O2/c1-11-10-22-12(2)9-19(11)16(21)14-7-8-20(18-14)15-6-4-3-5-13(15)17/h3-8,11-12H,9-10H2,1-2H3/t11-,12-/m0/s1. The van der Waals surface area contributed by atoms with E-state index in [2.05, 4.69) is 5.10 Å². The Morgan fingerprint density at radius 3 is 2.86 bits per heavy atom. The Morgan fingerprint density at radius 1 is 1.32 bits per heavy atom. The molecule has 1 aliphatic heterocycles. The zero-order valence-electron chi connectivity index (χ0n) is 12.6. The molecule has 6 heteroatoms. The van der Waals surface area contributed by atoms with Gasteiger partial charge in [-0.2, -0.15) is 5.10 Å². The van der Waals surface area contributed by atoms with Crippen molar-refractivity contribution in [2.24, 2.45) is 0 Å². The summed E-state index contributed by atoms with van der Waals surface area (Å²) in [4.78, 5) is 14.5. The zero-order chi connectivity index (χ0) is 15.7. The third-order valence-corrected chi connectivity index (χ3v) is 4.10. The van der Waals surface area contributed by atoms with Crippen LogP contribution in [-0.4, -0.2) is 45.9 Å². The van der Waals surface area contributed by atoms with E-state index in [0.29, 0.717) is 23.9 Å². The molecule has 3 rings (SSSR count). The van der Waals surface area contributed by atoms with Crippen molar-refractivity contribution in [3.63, 3.8) is 0 Å². The molecule has 0 N–H and O–H groups in total. The Kier molecular flexibility index (Phi) is 4.18. The van der Waals surface area contributed by atoms with Crippen LogP contribution < -0.4 is 0 Å². The van der Waals surface area contributed by atoms with Crippen LogP contribution in [0, 0.1) is 0 Å². The van der Waals surface area contributed by atoms with Gasteiger partial charge in [0.2, 0.25) is 0 Å². The number of amides is 1. The summed E-state index contributed by atoms with van der Waals surface area (Å²) in [5, 5.41) is 4.97. The molecular weight excluding hydrogens is 302 g/mol. The van der Waals surface area contributed by atoms with E-state index in [1.54, 1.807) is 23.0 Å². The van der Waals surface area contributed by atoms with E-state index >= 15 is 0 Å². The van der Waals surface area contributed by atoms with Crippen molar-refractivity contribution >= 4 is 17.5 Å². The summed E-state index contributed by atoms with van der Waals surface area (Å²) in [7, 11) is 0. The van der Waals surface area contributed by atoms with E-state index in [9.17, 15) is 4.79 Å². The second kappa shape index (κ2) is 6.10. The molecule has 2 aromatic rings. The molecule has 0 saturated carbocycles. The van der Waals surface area contributed by atoms with Crippen LogP contribution in [0.4, 0.5) is 0 Å². The van der Waals surface area contributed by atoms with Gasteiger partial charge in [0.25, 0.3) is 5.91 Å². The maximum absolute atomic E-state index is 12.6. The summed E-state index contributed by atoms with van der Waals surface area (Å²) < 4.78 is 7.19. The first-order valence-electron chi connectivity index (χ1n) is 7.29.